The molecule has 0 aromatic heterocycles. The van der Waals surface area contributed by atoms with E-state index in [9.17, 15) is 22.8 Å². The predicted octanol–water partition coefficient (Wildman–Crippen LogP) is -1.18. The van der Waals surface area contributed by atoms with Crippen molar-refractivity contribution in [2.24, 2.45) is 5.92 Å². The summed E-state index contributed by atoms with van der Waals surface area (Å²) in [4.78, 5) is 40.6. The maximum Gasteiger partial charge on any atom is 0.418 e. The first kappa shape index (κ1) is 20.8. The van der Waals surface area contributed by atoms with Crippen LogP contribution in [0.25, 0.3) is 0 Å². The van der Waals surface area contributed by atoms with Crippen molar-refractivity contribution in [3.8, 4) is 0 Å². The van der Waals surface area contributed by atoms with Crippen molar-refractivity contribution >= 4 is 28.2 Å². The monoisotopic (exact) mass is 419 g/mol. The van der Waals surface area contributed by atoms with E-state index in [1.807, 2.05) is 14.1 Å². The van der Waals surface area contributed by atoms with Crippen molar-refractivity contribution in [1.29, 1.82) is 0 Å². The number of hydrazine groups is 1. The largest absolute Gasteiger partial charge is 0.418 e. The highest BCUT2D eigenvalue weighted by Crippen LogP contribution is 2.32. The Labute approximate surface area is 163 Å². The van der Waals surface area contributed by atoms with Gasteiger partial charge in [0.25, 0.3) is 5.91 Å². The van der Waals surface area contributed by atoms with E-state index in [2.05, 4.69) is 14.6 Å². The molecule has 3 fully saturated rings. The van der Waals surface area contributed by atoms with Gasteiger partial charge in [-0.15, -0.1) is 4.28 Å². The van der Waals surface area contributed by atoms with Crippen molar-refractivity contribution in [3.05, 3.63) is 0 Å². The Balaban J connectivity index is 1.57. The Bertz CT molecular complexity index is 767. The Hall–Kier alpha value is -1.96. The third-order valence-electron chi connectivity index (χ3n) is 5.60. The summed E-state index contributed by atoms with van der Waals surface area (Å²) < 4.78 is 35.0. The van der Waals surface area contributed by atoms with Gasteiger partial charge in [0.05, 0.1) is 6.04 Å². The highest BCUT2D eigenvalue weighted by Gasteiger charge is 2.49. The minimum atomic E-state index is -4.84. The molecule has 13 heteroatoms. The zero-order chi connectivity index (χ0) is 20.8. The van der Waals surface area contributed by atoms with Gasteiger partial charge in [-0.1, -0.05) is 0 Å². The molecule has 12 nitrogen and oxygen atoms in total. The van der Waals surface area contributed by atoms with Crippen molar-refractivity contribution in [2.45, 2.75) is 43.8 Å². The Morgan fingerprint density at radius 3 is 2.43 bits per heavy atom. The van der Waals surface area contributed by atoms with Crippen LogP contribution in [0.15, 0.2) is 0 Å². The lowest BCUT2D eigenvalue weighted by Crippen LogP contribution is -2.57. The SMILES string of the molecule is CN(NC(=O)[C@@H]1CC[C@@H]2CN1C(=O)N2OS(=O)(=O)O)C(=O)C1CC(N(C)C)C1. The van der Waals surface area contributed by atoms with E-state index in [-0.39, 0.29) is 24.8 Å². The van der Waals surface area contributed by atoms with E-state index in [1.165, 1.54) is 11.9 Å². The average Bonchev–Trinajstić information content (AvgIpc) is 2.76. The van der Waals surface area contributed by atoms with E-state index in [0.717, 1.165) is 17.9 Å². The van der Waals surface area contributed by atoms with E-state index in [1.54, 1.807) is 0 Å². The lowest BCUT2D eigenvalue weighted by Gasteiger charge is -2.40. The van der Waals surface area contributed by atoms with Crippen LogP contribution < -0.4 is 5.43 Å². The fourth-order valence-corrected chi connectivity index (χ4v) is 4.27. The number of urea groups is 1. The first-order valence-corrected chi connectivity index (χ1v) is 10.4. The number of nitrogens with zero attached hydrogens (tertiary/aromatic N) is 4. The molecule has 2 bridgehead atoms. The molecule has 4 amide bonds. The second-order valence-electron chi connectivity index (χ2n) is 7.67. The van der Waals surface area contributed by atoms with Gasteiger partial charge >= 0.3 is 16.4 Å². The van der Waals surface area contributed by atoms with Crippen LogP contribution in [0.5, 0.6) is 0 Å². The van der Waals surface area contributed by atoms with E-state index in [4.69, 9.17) is 4.55 Å². The quantitative estimate of drug-likeness (QED) is 0.419. The number of carbonyl (C=O) groups is 3. The van der Waals surface area contributed by atoms with Gasteiger partial charge in [-0.25, -0.2) is 4.79 Å². The molecule has 1 aliphatic carbocycles. The molecule has 3 rings (SSSR count). The number of piperidine rings is 1. The fraction of sp³-hybridized carbons (Fsp3) is 0.800. The van der Waals surface area contributed by atoms with E-state index < -0.39 is 34.4 Å². The van der Waals surface area contributed by atoms with Crippen molar-refractivity contribution in [1.82, 2.24) is 25.3 Å². The Morgan fingerprint density at radius 1 is 1.21 bits per heavy atom. The van der Waals surface area contributed by atoms with Crippen LogP contribution >= 0.6 is 0 Å². The minimum Gasteiger partial charge on any atom is -0.309 e. The van der Waals surface area contributed by atoms with E-state index >= 15 is 0 Å². The molecular weight excluding hydrogens is 394 g/mol. The summed E-state index contributed by atoms with van der Waals surface area (Å²) in [6.07, 6.45) is 2.05. The summed E-state index contributed by atoms with van der Waals surface area (Å²) >= 11 is 0. The van der Waals surface area contributed by atoms with Gasteiger partial charge in [-0.2, -0.15) is 13.5 Å². The summed E-state index contributed by atoms with van der Waals surface area (Å²) in [6, 6.07) is -1.90. The first-order valence-electron chi connectivity index (χ1n) is 8.99. The summed E-state index contributed by atoms with van der Waals surface area (Å²) in [5.74, 6) is -0.871. The smallest absolute Gasteiger partial charge is 0.309 e. The zero-order valence-corrected chi connectivity index (χ0v) is 16.8. The van der Waals surface area contributed by atoms with Crippen molar-refractivity contribution in [3.63, 3.8) is 0 Å². The van der Waals surface area contributed by atoms with Gasteiger partial charge < -0.3 is 9.80 Å². The maximum absolute atomic E-state index is 12.6. The number of fused-ring (bicyclic) bond motifs is 2. The molecule has 2 heterocycles. The minimum absolute atomic E-state index is 0.0945. The zero-order valence-electron chi connectivity index (χ0n) is 15.9. The van der Waals surface area contributed by atoms with Crippen LogP contribution in [-0.4, -0.2) is 96.5 Å². The topological polar surface area (TPSA) is 140 Å². The standard InChI is InChI=1S/C15H25N5O7S/c1-17(2)11-6-9(7-11)14(22)18(3)16-13(21)12-5-4-10-8-19(12)15(23)20(10)27-28(24,25)26/h9-12H,4-8H2,1-3H3,(H,16,21)(H,24,25,26)/t9?,10-,11?,12+/m1/s1. The van der Waals surface area contributed by atoms with Crippen LogP contribution in [-0.2, 0) is 24.3 Å². The van der Waals surface area contributed by atoms with Gasteiger partial charge in [0.15, 0.2) is 0 Å². The summed E-state index contributed by atoms with van der Waals surface area (Å²) in [5, 5.41) is 1.73. The molecule has 28 heavy (non-hydrogen) atoms. The van der Waals surface area contributed by atoms with Gasteiger partial charge in [0.2, 0.25) is 5.91 Å². The van der Waals surface area contributed by atoms with E-state index in [0.29, 0.717) is 17.5 Å². The number of hydrogen-bond donors (Lipinski definition) is 2. The third-order valence-corrected chi connectivity index (χ3v) is 5.95. The molecule has 3 aliphatic rings. The second kappa shape index (κ2) is 7.46. The molecule has 158 valence electrons. The number of rotatable bonds is 5. The third kappa shape index (κ3) is 4.06. The molecule has 0 aromatic carbocycles. The summed E-state index contributed by atoms with van der Waals surface area (Å²) in [7, 11) is 0.532. The molecule has 2 aliphatic heterocycles. The van der Waals surface area contributed by atoms with Crippen LogP contribution in [0.2, 0.25) is 0 Å². The molecular formula is C15H25N5O7S. The molecule has 0 spiro atoms. The lowest BCUT2D eigenvalue weighted by atomic mass is 9.79. The van der Waals surface area contributed by atoms with Crippen LogP contribution in [0.1, 0.15) is 25.7 Å². The summed E-state index contributed by atoms with van der Waals surface area (Å²) in [6.45, 7) is 0.0945. The number of carbonyl (C=O) groups excluding carboxylic acids is 3. The van der Waals surface area contributed by atoms with Crippen molar-refractivity contribution in [2.75, 3.05) is 27.7 Å². The number of nitrogens with one attached hydrogen (secondary N) is 1. The highest BCUT2D eigenvalue weighted by atomic mass is 32.3. The molecule has 2 N–H and O–H groups in total. The molecule has 2 saturated heterocycles. The normalized spacial score (nSPS) is 29.7. The molecule has 2 atom stereocenters. The number of hydrogen-bond acceptors (Lipinski definition) is 7. The Morgan fingerprint density at radius 2 is 1.86 bits per heavy atom. The van der Waals surface area contributed by atoms with Crippen LogP contribution in [0.4, 0.5) is 4.79 Å². The van der Waals surface area contributed by atoms with Gasteiger partial charge in [-0.05, 0) is 39.8 Å². The Kier molecular flexibility index (Phi) is 5.53. The molecule has 1 saturated carbocycles. The first-order chi connectivity index (χ1) is 13.0. The van der Waals surface area contributed by atoms with Crippen LogP contribution in [0.3, 0.4) is 0 Å². The van der Waals surface area contributed by atoms with Gasteiger partial charge in [0.1, 0.15) is 6.04 Å². The van der Waals surface area contributed by atoms with Gasteiger partial charge in [-0.3, -0.25) is 24.6 Å². The molecule has 0 radical (unpaired) electrons. The van der Waals surface area contributed by atoms with Crippen LogP contribution in [0, 0.1) is 5.92 Å². The fourth-order valence-electron chi connectivity index (χ4n) is 3.88. The number of hydroxylamine groups is 2. The predicted molar refractivity (Wildman–Crippen MR) is 94.5 cm³/mol. The maximum atomic E-state index is 12.6. The second-order valence-corrected chi connectivity index (χ2v) is 8.67. The highest BCUT2D eigenvalue weighted by molar-refractivity contribution is 7.80. The summed E-state index contributed by atoms with van der Waals surface area (Å²) in [5.41, 5.74) is 2.52. The van der Waals surface area contributed by atoms with Crippen molar-refractivity contribution < 1.29 is 31.6 Å². The average molecular weight is 419 g/mol. The molecule has 0 unspecified atom stereocenters. The molecule has 0 aromatic rings. The number of amides is 4. The lowest BCUT2D eigenvalue weighted by molar-refractivity contribution is -0.148. The van der Waals surface area contributed by atoms with Gasteiger partial charge in [0, 0.05) is 25.6 Å².